The van der Waals surface area contributed by atoms with E-state index in [9.17, 15) is 19.8 Å². The molecular formula is C53H99NO5. The van der Waals surface area contributed by atoms with Gasteiger partial charge in [0, 0.05) is 12.8 Å². The van der Waals surface area contributed by atoms with Crippen molar-refractivity contribution in [3.63, 3.8) is 0 Å². The largest absolute Gasteiger partial charge is 0.466 e. The van der Waals surface area contributed by atoms with E-state index in [0.717, 1.165) is 70.6 Å². The van der Waals surface area contributed by atoms with E-state index in [0.29, 0.717) is 19.4 Å². The zero-order chi connectivity index (χ0) is 43.0. The van der Waals surface area contributed by atoms with Gasteiger partial charge < -0.3 is 20.3 Å². The molecule has 0 radical (unpaired) electrons. The van der Waals surface area contributed by atoms with E-state index < -0.39 is 12.1 Å². The van der Waals surface area contributed by atoms with Crippen molar-refractivity contribution in [2.75, 3.05) is 13.2 Å². The van der Waals surface area contributed by atoms with Crippen LogP contribution in [-0.4, -0.2) is 47.4 Å². The van der Waals surface area contributed by atoms with Gasteiger partial charge in [0.1, 0.15) is 0 Å². The highest BCUT2D eigenvalue weighted by Gasteiger charge is 2.18. The summed E-state index contributed by atoms with van der Waals surface area (Å²) in [6.07, 6.45) is 58.5. The first kappa shape index (κ1) is 57.1. The molecule has 346 valence electrons. The summed E-state index contributed by atoms with van der Waals surface area (Å²) in [6, 6.07) is -0.639. The number of aliphatic hydroxyl groups excluding tert-OH is 2. The molecule has 0 spiro atoms. The fourth-order valence-electron chi connectivity index (χ4n) is 7.62. The van der Waals surface area contributed by atoms with E-state index >= 15 is 0 Å². The summed E-state index contributed by atoms with van der Waals surface area (Å²) in [5.41, 5.74) is 0. The molecule has 6 nitrogen and oxygen atoms in total. The molecule has 0 saturated carbocycles. The summed E-state index contributed by atoms with van der Waals surface area (Å²) in [5, 5.41) is 23.0. The summed E-state index contributed by atoms with van der Waals surface area (Å²) in [6.45, 7) is 4.83. The number of nitrogens with one attached hydrogen (secondary N) is 1. The molecule has 6 heteroatoms. The van der Waals surface area contributed by atoms with E-state index in [-0.39, 0.29) is 18.5 Å². The first-order chi connectivity index (χ1) is 29.0. The summed E-state index contributed by atoms with van der Waals surface area (Å²) in [4.78, 5) is 24.4. The minimum absolute atomic E-state index is 0.0220. The number of amides is 1. The van der Waals surface area contributed by atoms with Gasteiger partial charge >= 0.3 is 5.97 Å². The molecule has 0 fully saturated rings. The van der Waals surface area contributed by atoms with Gasteiger partial charge in [0.15, 0.2) is 0 Å². The highest BCUT2D eigenvalue weighted by molar-refractivity contribution is 5.76. The molecule has 0 rings (SSSR count). The van der Waals surface area contributed by atoms with Gasteiger partial charge in [-0.05, 0) is 83.5 Å². The third-order valence-electron chi connectivity index (χ3n) is 11.6. The van der Waals surface area contributed by atoms with Crippen LogP contribution in [0.4, 0.5) is 0 Å². The van der Waals surface area contributed by atoms with E-state index in [1.54, 1.807) is 6.08 Å². The molecule has 0 aromatic carbocycles. The van der Waals surface area contributed by atoms with Gasteiger partial charge in [0.2, 0.25) is 5.91 Å². The lowest BCUT2D eigenvalue weighted by Crippen LogP contribution is -2.45. The molecule has 0 aliphatic heterocycles. The molecule has 0 aliphatic rings. The number of unbranched alkanes of at least 4 members (excludes halogenated alkanes) is 32. The van der Waals surface area contributed by atoms with Crippen LogP contribution in [0.25, 0.3) is 0 Å². The van der Waals surface area contributed by atoms with Crippen molar-refractivity contribution in [1.82, 2.24) is 5.32 Å². The van der Waals surface area contributed by atoms with Gasteiger partial charge in [0.05, 0.1) is 25.4 Å². The lowest BCUT2D eigenvalue weighted by molar-refractivity contribution is -0.143. The van der Waals surface area contributed by atoms with Gasteiger partial charge in [-0.25, -0.2) is 0 Å². The van der Waals surface area contributed by atoms with Crippen LogP contribution >= 0.6 is 0 Å². The number of carbonyl (C=O) groups is 2. The van der Waals surface area contributed by atoms with Crippen LogP contribution in [0.1, 0.15) is 264 Å². The third kappa shape index (κ3) is 45.4. The van der Waals surface area contributed by atoms with E-state index in [2.05, 4.69) is 43.5 Å². The second-order valence-corrected chi connectivity index (χ2v) is 17.5. The average molecular weight is 830 g/mol. The molecule has 1 amide bonds. The maximum absolute atomic E-state index is 12.4. The zero-order valence-corrected chi connectivity index (χ0v) is 39.2. The molecule has 0 aliphatic carbocycles. The maximum atomic E-state index is 12.4. The van der Waals surface area contributed by atoms with Crippen molar-refractivity contribution < 1.29 is 24.5 Å². The number of aliphatic hydroxyl groups is 2. The SMILES string of the molecule is CCCCC/C=C\CCCCCCCC(=O)OCCCCCC/C=C\CCCCCCCCCC(=O)NC(CO)C(O)/C=C/CCCCCCCCCCCCCCC. The minimum Gasteiger partial charge on any atom is -0.466 e. The Morgan fingerprint density at radius 2 is 0.797 bits per heavy atom. The molecule has 2 unspecified atom stereocenters. The second-order valence-electron chi connectivity index (χ2n) is 17.5. The van der Waals surface area contributed by atoms with Crippen LogP contribution in [0.15, 0.2) is 36.5 Å². The van der Waals surface area contributed by atoms with Crippen molar-refractivity contribution >= 4 is 11.9 Å². The molecule has 0 saturated heterocycles. The molecule has 59 heavy (non-hydrogen) atoms. The Balaban J connectivity index is 3.53. The zero-order valence-electron chi connectivity index (χ0n) is 39.2. The molecule has 0 heterocycles. The van der Waals surface area contributed by atoms with Crippen molar-refractivity contribution in [3.8, 4) is 0 Å². The van der Waals surface area contributed by atoms with Crippen LogP contribution in [0.3, 0.4) is 0 Å². The molecule has 0 bridgehead atoms. The van der Waals surface area contributed by atoms with Crippen LogP contribution < -0.4 is 5.32 Å². The monoisotopic (exact) mass is 830 g/mol. The van der Waals surface area contributed by atoms with Gasteiger partial charge in [-0.1, -0.05) is 204 Å². The Labute approximate surface area is 366 Å². The van der Waals surface area contributed by atoms with Gasteiger partial charge in [-0.3, -0.25) is 9.59 Å². The maximum Gasteiger partial charge on any atom is 0.305 e. The van der Waals surface area contributed by atoms with Crippen molar-refractivity contribution in [2.24, 2.45) is 0 Å². The summed E-state index contributed by atoms with van der Waals surface area (Å²) in [7, 11) is 0. The number of carbonyl (C=O) groups excluding carboxylic acids is 2. The van der Waals surface area contributed by atoms with Crippen LogP contribution in [0.2, 0.25) is 0 Å². The topological polar surface area (TPSA) is 95.9 Å². The summed E-state index contributed by atoms with van der Waals surface area (Å²) < 4.78 is 5.43. The number of ether oxygens (including phenoxy) is 1. The van der Waals surface area contributed by atoms with Gasteiger partial charge in [0.25, 0.3) is 0 Å². The van der Waals surface area contributed by atoms with E-state index in [4.69, 9.17) is 4.74 Å². The standard InChI is InChI=1S/C53H99NO5/c1-3-5-7-9-11-13-15-17-19-22-25-29-33-37-41-45-51(56)50(49-55)54-52(57)46-42-38-34-30-26-23-20-18-21-24-28-32-36-40-44-48-59-53(58)47-43-39-35-31-27-16-14-12-10-8-6-4-2/h12,14,21,24,41,45,50-51,55-56H,3-11,13,15-20,22-23,25-40,42-44,46-49H2,1-2H3,(H,54,57)/b14-12-,24-21-,45-41+. The van der Waals surface area contributed by atoms with Crippen LogP contribution in [0.5, 0.6) is 0 Å². The van der Waals surface area contributed by atoms with Gasteiger partial charge in [-0.2, -0.15) is 0 Å². The quantitative estimate of drug-likeness (QED) is 0.0323. The Bertz CT molecular complexity index is 962. The first-order valence-corrected chi connectivity index (χ1v) is 25.8. The molecule has 0 aromatic heterocycles. The minimum atomic E-state index is -0.854. The highest BCUT2D eigenvalue weighted by Crippen LogP contribution is 2.15. The summed E-state index contributed by atoms with van der Waals surface area (Å²) in [5.74, 6) is -0.106. The lowest BCUT2D eigenvalue weighted by atomic mass is 10.0. The van der Waals surface area contributed by atoms with Crippen molar-refractivity contribution in [3.05, 3.63) is 36.5 Å². The number of allylic oxidation sites excluding steroid dienone is 5. The third-order valence-corrected chi connectivity index (χ3v) is 11.6. The Morgan fingerprint density at radius 1 is 0.458 bits per heavy atom. The molecule has 3 N–H and O–H groups in total. The normalized spacial score (nSPS) is 12.9. The summed E-state index contributed by atoms with van der Waals surface area (Å²) >= 11 is 0. The number of hydrogen-bond donors (Lipinski definition) is 3. The molecular weight excluding hydrogens is 731 g/mol. The van der Waals surface area contributed by atoms with Crippen molar-refractivity contribution in [2.45, 2.75) is 276 Å². The highest BCUT2D eigenvalue weighted by atomic mass is 16.5. The Morgan fingerprint density at radius 3 is 1.24 bits per heavy atom. The smallest absolute Gasteiger partial charge is 0.305 e. The van der Waals surface area contributed by atoms with E-state index in [1.807, 2.05) is 6.08 Å². The van der Waals surface area contributed by atoms with Crippen LogP contribution in [0, 0.1) is 0 Å². The van der Waals surface area contributed by atoms with Gasteiger partial charge in [-0.15, -0.1) is 0 Å². The Kier molecular flexibility index (Phi) is 47.2. The average Bonchev–Trinajstić information content (AvgIpc) is 3.24. The van der Waals surface area contributed by atoms with E-state index in [1.165, 1.54) is 167 Å². The number of rotatable bonds is 47. The first-order valence-electron chi connectivity index (χ1n) is 25.8. The van der Waals surface area contributed by atoms with Crippen molar-refractivity contribution in [1.29, 1.82) is 0 Å². The lowest BCUT2D eigenvalue weighted by Gasteiger charge is -2.20. The predicted molar refractivity (Wildman–Crippen MR) is 255 cm³/mol. The van der Waals surface area contributed by atoms with Crippen LogP contribution in [-0.2, 0) is 14.3 Å². The number of hydrogen-bond acceptors (Lipinski definition) is 5. The fraction of sp³-hybridized carbons (Fsp3) is 0.849. The fourth-order valence-corrected chi connectivity index (χ4v) is 7.62. The second kappa shape index (κ2) is 48.7. The predicted octanol–water partition coefficient (Wildman–Crippen LogP) is 15.3. The molecule has 0 aromatic rings. The Hall–Kier alpha value is -1.92. The molecule has 2 atom stereocenters. The number of esters is 1.